The number of piperidine rings is 1. The zero-order valence-electron chi connectivity index (χ0n) is 18.8. The molecule has 0 amide bonds. The van der Waals surface area contributed by atoms with E-state index in [0.717, 1.165) is 42.6 Å². The molecular formula is C26H27Cl3N2O2S. The predicted octanol–water partition coefficient (Wildman–Crippen LogP) is 6.90. The Bertz CT molecular complexity index is 1230. The average Bonchev–Trinajstić information content (AvgIpc) is 2.79. The predicted molar refractivity (Wildman–Crippen MR) is 143 cm³/mol. The molecule has 0 spiro atoms. The van der Waals surface area contributed by atoms with Gasteiger partial charge in [-0.25, -0.2) is 13.1 Å². The van der Waals surface area contributed by atoms with Crippen LogP contribution < -0.4 is 9.62 Å². The summed E-state index contributed by atoms with van der Waals surface area (Å²) < 4.78 is 25.2. The number of anilines is 1. The fourth-order valence-electron chi connectivity index (χ4n) is 4.57. The Balaban J connectivity index is 1.51. The monoisotopic (exact) mass is 536 g/mol. The number of nitrogens with zero attached hydrogens (tertiary/aromatic N) is 1. The van der Waals surface area contributed by atoms with Gasteiger partial charge in [0.1, 0.15) is 0 Å². The zero-order valence-corrected chi connectivity index (χ0v) is 21.9. The first-order valence-corrected chi connectivity index (χ1v) is 14.2. The van der Waals surface area contributed by atoms with Crippen LogP contribution >= 0.6 is 34.8 Å². The Labute approximate surface area is 216 Å². The van der Waals surface area contributed by atoms with Crippen molar-refractivity contribution >= 4 is 50.5 Å². The zero-order chi connectivity index (χ0) is 24.3. The summed E-state index contributed by atoms with van der Waals surface area (Å²) in [5.74, 6) is 0.470. The third kappa shape index (κ3) is 6.67. The number of halogens is 3. The minimum atomic E-state index is -3.20. The molecule has 180 valence electrons. The summed E-state index contributed by atoms with van der Waals surface area (Å²) >= 11 is 18.9. The van der Waals surface area contributed by atoms with E-state index >= 15 is 0 Å². The van der Waals surface area contributed by atoms with Crippen LogP contribution in [0.5, 0.6) is 0 Å². The van der Waals surface area contributed by atoms with Crippen molar-refractivity contribution in [2.75, 3.05) is 17.7 Å². The molecule has 1 aliphatic heterocycles. The SMILES string of the molecule is CS(=O)(=O)NCc1ccc(CC2CCC(c3ccc(Cl)cc3Cl)N(c3ccc(Cl)cc3)C2)cc1. The van der Waals surface area contributed by atoms with E-state index < -0.39 is 10.0 Å². The van der Waals surface area contributed by atoms with E-state index in [1.54, 1.807) is 0 Å². The second-order valence-electron chi connectivity index (χ2n) is 8.87. The smallest absolute Gasteiger partial charge is 0.209 e. The molecule has 0 saturated carbocycles. The van der Waals surface area contributed by atoms with Crippen molar-refractivity contribution in [1.29, 1.82) is 0 Å². The van der Waals surface area contributed by atoms with Crippen molar-refractivity contribution in [3.63, 3.8) is 0 Å². The first-order chi connectivity index (χ1) is 16.2. The topological polar surface area (TPSA) is 49.4 Å². The van der Waals surface area contributed by atoms with Crippen LogP contribution in [0.3, 0.4) is 0 Å². The third-order valence-electron chi connectivity index (χ3n) is 6.25. The molecule has 34 heavy (non-hydrogen) atoms. The van der Waals surface area contributed by atoms with Crippen LogP contribution in [0.25, 0.3) is 0 Å². The Morgan fingerprint density at radius 2 is 1.53 bits per heavy atom. The lowest BCUT2D eigenvalue weighted by Gasteiger charge is -2.42. The molecule has 4 rings (SSSR count). The lowest BCUT2D eigenvalue weighted by molar-refractivity contribution is 0.358. The van der Waals surface area contributed by atoms with E-state index in [0.29, 0.717) is 27.5 Å². The first kappa shape index (κ1) is 25.3. The van der Waals surface area contributed by atoms with Gasteiger partial charge >= 0.3 is 0 Å². The maximum absolute atomic E-state index is 11.3. The summed E-state index contributed by atoms with van der Waals surface area (Å²) in [7, 11) is -3.20. The highest BCUT2D eigenvalue weighted by atomic mass is 35.5. The van der Waals surface area contributed by atoms with Gasteiger partial charge in [-0.2, -0.15) is 0 Å². The van der Waals surface area contributed by atoms with Gasteiger partial charge in [0.25, 0.3) is 0 Å². The molecule has 2 atom stereocenters. The Morgan fingerprint density at radius 1 is 0.882 bits per heavy atom. The highest BCUT2D eigenvalue weighted by Crippen LogP contribution is 2.41. The van der Waals surface area contributed by atoms with Crippen molar-refractivity contribution in [3.05, 3.63) is 98.5 Å². The molecule has 1 heterocycles. The van der Waals surface area contributed by atoms with Gasteiger partial charge in [-0.05, 0) is 78.3 Å². The van der Waals surface area contributed by atoms with Crippen molar-refractivity contribution < 1.29 is 8.42 Å². The molecule has 4 nitrogen and oxygen atoms in total. The minimum Gasteiger partial charge on any atom is -0.364 e. The van der Waals surface area contributed by atoms with Crippen LogP contribution in [-0.2, 0) is 23.0 Å². The van der Waals surface area contributed by atoms with Crippen molar-refractivity contribution in [2.45, 2.75) is 31.8 Å². The van der Waals surface area contributed by atoms with Gasteiger partial charge in [-0.15, -0.1) is 0 Å². The van der Waals surface area contributed by atoms with Crippen LogP contribution in [0.2, 0.25) is 15.1 Å². The van der Waals surface area contributed by atoms with Gasteiger partial charge in [0.15, 0.2) is 0 Å². The minimum absolute atomic E-state index is 0.159. The Kier molecular flexibility index (Phi) is 8.11. The molecule has 8 heteroatoms. The van der Waals surface area contributed by atoms with Gasteiger partial charge in [0, 0.05) is 33.8 Å². The Hall–Kier alpha value is -1.76. The maximum atomic E-state index is 11.3. The number of sulfonamides is 1. The fraction of sp³-hybridized carbons (Fsp3) is 0.308. The van der Waals surface area contributed by atoms with Gasteiger partial charge in [0.2, 0.25) is 10.0 Å². The summed E-state index contributed by atoms with van der Waals surface area (Å²) in [5.41, 5.74) is 4.39. The van der Waals surface area contributed by atoms with E-state index in [1.165, 1.54) is 11.8 Å². The molecule has 0 aliphatic carbocycles. The third-order valence-corrected chi connectivity index (χ3v) is 7.73. The summed E-state index contributed by atoms with van der Waals surface area (Å²) in [4.78, 5) is 2.42. The highest BCUT2D eigenvalue weighted by Gasteiger charge is 2.31. The van der Waals surface area contributed by atoms with Crippen molar-refractivity contribution in [2.24, 2.45) is 5.92 Å². The molecule has 1 saturated heterocycles. The molecule has 1 fully saturated rings. The largest absolute Gasteiger partial charge is 0.364 e. The van der Waals surface area contributed by atoms with E-state index in [2.05, 4.69) is 33.9 Å². The van der Waals surface area contributed by atoms with Gasteiger partial charge in [-0.3, -0.25) is 0 Å². The van der Waals surface area contributed by atoms with E-state index in [9.17, 15) is 8.42 Å². The summed E-state index contributed by atoms with van der Waals surface area (Å²) in [6, 6.07) is 22.0. The molecule has 1 aliphatic rings. The quantitative estimate of drug-likeness (QED) is 0.357. The molecule has 2 unspecified atom stereocenters. The van der Waals surface area contributed by atoms with Gasteiger partial charge in [-0.1, -0.05) is 65.1 Å². The van der Waals surface area contributed by atoms with Crippen LogP contribution in [0, 0.1) is 5.92 Å². The number of hydrogen-bond donors (Lipinski definition) is 1. The summed E-state index contributed by atoms with van der Waals surface area (Å²) in [6.45, 7) is 1.19. The normalized spacial score (nSPS) is 18.8. The van der Waals surface area contributed by atoms with Crippen LogP contribution in [0.4, 0.5) is 5.69 Å². The molecule has 1 N–H and O–H groups in total. The molecule has 0 aromatic heterocycles. The maximum Gasteiger partial charge on any atom is 0.209 e. The van der Waals surface area contributed by atoms with E-state index in [4.69, 9.17) is 34.8 Å². The lowest BCUT2D eigenvalue weighted by atomic mass is 9.85. The molecule has 0 bridgehead atoms. The molecule has 3 aromatic carbocycles. The standard InChI is InChI=1S/C26H27Cl3N2O2S/c1-34(32,33)30-16-19-4-2-18(3-5-19)14-20-6-13-26(24-12-9-22(28)15-25(24)29)31(17-20)23-10-7-21(27)8-11-23/h2-5,7-12,15,20,26,30H,6,13-14,16-17H2,1H3. The van der Waals surface area contributed by atoms with Crippen molar-refractivity contribution in [3.8, 4) is 0 Å². The summed E-state index contributed by atoms with van der Waals surface area (Å²) in [5, 5.41) is 2.03. The number of benzene rings is 3. The first-order valence-electron chi connectivity index (χ1n) is 11.2. The molecule has 0 radical (unpaired) electrons. The highest BCUT2D eigenvalue weighted by molar-refractivity contribution is 7.88. The Morgan fingerprint density at radius 3 is 2.18 bits per heavy atom. The number of hydrogen-bond acceptors (Lipinski definition) is 3. The van der Waals surface area contributed by atoms with Gasteiger partial charge in [0.05, 0.1) is 12.3 Å². The molecule has 3 aromatic rings. The lowest BCUT2D eigenvalue weighted by Crippen LogP contribution is -2.39. The molecular weight excluding hydrogens is 511 g/mol. The number of nitrogens with one attached hydrogen (secondary N) is 1. The second-order valence-corrected chi connectivity index (χ2v) is 12.0. The van der Waals surface area contributed by atoms with E-state index in [1.807, 2.05) is 42.5 Å². The average molecular weight is 538 g/mol. The van der Waals surface area contributed by atoms with Gasteiger partial charge < -0.3 is 4.90 Å². The van der Waals surface area contributed by atoms with Crippen LogP contribution in [-0.4, -0.2) is 21.2 Å². The number of rotatable bonds is 7. The summed E-state index contributed by atoms with van der Waals surface area (Å²) in [6.07, 6.45) is 4.17. The van der Waals surface area contributed by atoms with E-state index in [-0.39, 0.29) is 6.04 Å². The fourth-order valence-corrected chi connectivity index (χ4v) is 5.66. The van der Waals surface area contributed by atoms with Crippen LogP contribution in [0.1, 0.15) is 35.6 Å². The van der Waals surface area contributed by atoms with Crippen molar-refractivity contribution in [1.82, 2.24) is 4.72 Å². The van der Waals surface area contributed by atoms with Crippen LogP contribution in [0.15, 0.2) is 66.7 Å². The second kappa shape index (κ2) is 10.9.